The topological polar surface area (TPSA) is 86.5 Å². The lowest BCUT2D eigenvalue weighted by Gasteiger charge is -2.16. The quantitative estimate of drug-likeness (QED) is 0.842. The van der Waals surface area contributed by atoms with E-state index in [1.165, 1.54) is 4.90 Å². The molecule has 1 heterocycles. The molecule has 0 unspecified atom stereocenters. The molecule has 96 valence electrons. The minimum atomic E-state index is -0.517. The van der Waals surface area contributed by atoms with E-state index in [4.69, 9.17) is 9.52 Å². The molecule has 6 nitrogen and oxygen atoms in total. The highest BCUT2D eigenvalue weighted by Crippen LogP contribution is 2.19. The summed E-state index contributed by atoms with van der Waals surface area (Å²) >= 11 is 0. The molecule has 0 bridgehead atoms. The number of aliphatic hydroxyl groups is 1. The van der Waals surface area contributed by atoms with Crippen molar-refractivity contribution >= 4 is 22.7 Å². The molecule has 2 N–H and O–H groups in total. The summed E-state index contributed by atoms with van der Waals surface area (Å²) in [4.78, 5) is 26.8. The number of nitrogens with one attached hydrogen (secondary N) is 1. The number of H-pyrrole nitrogens is 1. The molecule has 0 aliphatic carbocycles. The van der Waals surface area contributed by atoms with Gasteiger partial charge in [-0.05, 0) is 24.6 Å². The number of amides is 1. The lowest BCUT2D eigenvalue weighted by Crippen LogP contribution is -2.26. The van der Waals surface area contributed by atoms with Crippen LogP contribution < -0.4 is 10.7 Å². The first kappa shape index (κ1) is 12.4. The zero-order valence-corrected chi connectivity index (χ0v) is 9.97. The number of hydrogen-bond acceptors (Lipinski definition) is 4. The van der Waals surface area contributed by atoms with E-state index < -0.39 is 5.76 Å². The number of rotatable bonds is 4. The van der Waals surface area contributed by atoms with Gasteiger partial charge in [0.15, 0.2) is 5.58 Å². The van der Waals surface area contributed by atoms with Crippen LogP contribution in [0.5, 0.6) is 0 Å². The summed E-state index contributed by atoms with van der Waals surface area (Å²) in [6, 6.07) is 5.02. The van der Waals surface area contributed by atoms with E-state index in [2.05, 4.69) is 4.98 Å². The van der Waals surface area contributed by atoms with Crippen LogP contribution in [0.2, 0.25) is 0 Å². The second kappa shape index (κ2) is 5.05. The Bertz CT molecular complexity index is 614. The number of carbonyl (C=O) groups excluding carboxylic acids is 1. The van der Waals surface area contributed by atoms with Gasteiger partial charge >= 0.3 is 5.76 Å². The van der Waals surface area contributed by atoms with Gasteiger partial charge in [0.1, 0.15) is 0 Å². The molecule has 6 heteroatoms. The fourth-order valence-electron chi connectivity index (χ4n) is 1.69. The number of fused-ring (bicyclic) bond motifs is 1. The standard InChI is InChI=1S/C12H14N2O4/c1-14(11(16)3-2-6-15)8-4-5-10-9(7-8)13-12(17)18-10/h4-5,7,15H,2-3,6H2,1H3,(H,13,17). The summed E-state index contributed by atoms with van der Waals surface area (Å²) in [5.41, 5.74) is 1.68. The number of oxazole rings is 1. The van der Waals surface area contributed by atoms with Crippen molar-refractivity contribution in [1.29, 1.82) is 0 Å². The fraction of sp³-hybridized carbons (Fsp3) is 0.333. The van der Waals surface area contributed by atoms with E-state index in [9.17, 15) is 9.59 Å². The molecule has 0 spiro atoms. The predicted molar refractivity (Wildman–Crippen MR) is 66.6 cm³/mol. The first-order chi connectivity index (χ1) is 8.61. The van der Waals surface area contributed by atoms with E-state index in [0.29, 0.717) is 23.2 Å². The zero-order chi connectivity index (χ0) is 13.1. The molecule has 2 aromatic rings. The highest BCUT2D eigenvalue weighted by molar-refractivity contribution is 5.94. The molecule has 0 aliphatic rings. The summed E-state index contributed by atoms with van der Waals surface area (Å²) in [6.45, 7) is -0.00628. The van der Waals surface area contributed by atoms with E-state index >= 15 is 0 Å². The molecule has 1 aromatic heterocycles. The lowest BCUT2D eigenvalue weighted by molar-refractivity contribution is -0.118. The average molecular weight is 250 g/mol. The first-order valence-corrected chi connectivity index (χ1v) is 5.62. The van der Waals surface area contributed by atoms with Crippen LogP contribution >= 0.6 is 0 Å². The maximum Gasteiger partial charge on any atom is 0.417 e. The molecule has 1 amide bonds. The molecule has 1 aromatic carbocycles. The second-order valence-corrected chi connectivity index (χ2v) is 3.97. The van der Waals surface area contributed by atoms with E-state index in [-0.39, 0.29) is 18.9 Å². The van der Waals surface area contributed by atoms with Crippen molar-refractivity contribution in [3.05, 3.63) is 28.7 Å². The largest absolute Gasteiger partial charge is 0.417 e. The van der Waals surface area contributed by atoms with Crippen LogP contribution in [0.4, 0.5) is 5.69 Å². The molecule has 0 aliphatic heterocycles. The Morgan fingerprint density at radius 1 is 1.50 bits per heavy atom. The molecule has 18 heavy (non-hydrogen) atoms. The number of aliphatic hydroxyl groups excluding tert-OH is 1. The Morgan fingerprint density at radius 3 is 3.00 bits per heavy atom. The normalized spacial score (nSPS) is 10.8. The van der Waals surface area contributed by atoms with Gasteiger partial charge in [-0.2, -0.15) is 0 Å². The van der Waals surface area contributed by atoms with Gasteiger partial charge in [0.25, 0.3) is 0 Å². The highest BCUT2D eigenvalue weighted by atomic mass is 16.4. The van der Waals surface area contributed by atoms with Crippen molar-refractivity contribution < 1.29 is 14.3 Å². The van der Waals surface area contributed by atoms with E-state index in [1.807, 2.05) is 0 Å². The van der Waals surface area contributed by atoms with Crippen molar-refractivity contribution in [2.24, 2.45) is 0 Å². The number of aromatic nitrogens is 1. The van der Waals surface area contributed by atoms with Gasteiger partial charge in [0.05, 0.1) is 5.52 Å². The SMILES string of the molecule is CN(C(=O)CCCO)c1ccc2oc(=O)[nH]c2c1. The van der Waals surface area contributed by atoms with Gasteiger partial charge in [0, 0.05) is 25.8 Å². The number of aromatic amines is 1. The predicted octanol–water partition coefficient (Wildman–Crippen LogP) is 0.856. The molecular formula is C12H14N2O4. The second-order valence-electron chi connectivity index (χ2n) is 3.97. The van der Waals surface area contributed by atoms with Gasteiger partial charge in [0.2, 0.25) is 5.91 Å². The monoisotopic (exact) mass is 250 g/mol. The van der Waals surface area contributed by atoms with Crippen LogP contribution in [-0.2, 0) is 4.79 Å². The Hall–Kier alpha value is -2.08. The third-order valence-electron chi connectivity index (χ3n) is 2.71. The summed E-state index contributed by atoms with van der Waals surface area (Å²) in [6.07, 6.45) is 0.723. The van der Waals surface area contributed by atoms with Gasteiger partial charge in [-0.25, -0.2) is 4.79 Å². The zero-order valence-electron chi connectivity index (χ0n) is 9.97. The number of carbonyl (C=O) groups is 1. The van der Waals surface area contributed by atoms with Crippen LogP contribution in [0.3, 0.4) is 0 Å². The number of nitrogens with zero attached hydrogens (tertiary/aromatic N) is 1. The molecule has 0 atom stereocenters. The third kappa shape index (κ3) is 2.43. The summed E-state index contributed by atoms with van der Waals surface area (Å²) in [7, 11) is 1.65. The Balaban J connectivity index is 2.24. The van der Waals surface area contributed by atoms with Crippen LogP contribution in [0.25, 0.3) is 11.1 Å². The van der Waals surface area contributed by atoms with Gasteiger partial charge < -0.3 is 14.4 Å². The van der Waals surface area contributed by atoms with Crippen molar-refractivity contribution in [3.63, 3.8) is 0 Å². The Labute approximate surface area is 103 Å². The lowest BCUT2D eigenvalue weighted by atomic mass is 10.2. The summed E-state index contributed by atoms with van der Waals surface area (Å²) in [5.74, 6) is -0.606. The number of hydrogen-bond donors (Lipinski definition) is 2. The average Bonchev–Trinajstić information content (AvgIpc) is 2.73. The molecule has 0 radical (unpaired) electrons. The molecule has 0 saturated carbocycles. The molecule has 0 fully saturated rings. The fourth-order valence-corrected chi connectivity index (χ4v) is 1.69. The maximum atomic E-state index is 11.8. The Morgan fingerprint density at radius 2 is 2.28 bits per heavy atom. The van der Waals surface area contributed by atoms with E-state index in [0.717, 1.165) is 0 Å². The molecule has 2 rings (SSSR count). The minimum Gasteiger partial charge on any atom is -0.408 e. The number of anilines is 1. The first-order valence-electron chi connectivity index (χ1n) is 5.62. The van der Waals surface area contributed by atoms with Crippen molar-refractivity contribution in [3.8, 4) is 0 Å². The van der Waals surface area contributed by atoms with E-state index in [1.54, 1.807) is 25.2 Å². The summed E-state index contributed by atoms with van der Waals surface area (Å²) < 4.78 is 4.88. The molecule has 0 saturated heterocycles. The van der Waals surface area contributed by atoms with Crippen LogP contribution in [-0.4, -0.2) is 29.7 Å². The van der Waals surface area contributed by atoms with Crippen molar-refractivity contribution in [1.82, 2.24) is 4.98 Å². The highest BCUT2D eigenvalue weighted by Gasteiger charge is 2.11. The van der Waals surface area contributed by atoms with Crippen LogP contribution in [0, 0.1) is 0 Å². The van der Waals surface area contributed by atoms with Crippen LogP contribution in [0.15, 0.2) is 27.4 Å². The van der Waals surface area contributed by atoms with Gasteiger partial charge in [-0.15, -0.1) is 0 Å². The smallest absolute Gasteiger partial charge is 0.408 e. The Kier molecular flexibility index (Phi) is 3.47. The third-order valence-corrected chi connectivity index (χ3v) is 2.71. The van der Waals surface area contributed by atoms with Crippen molar-refractivity contribution in [2.45, 2.75) is 12.8 Å². The van der Waals surface area contributed by atoms with Gasteiger partial charge in [-0.3, -0.25) is 9.78 Å². The maximum absolute atomic E-state index is 11.8. The van der Waals surface area contributed by atoms with Gasteiger partial charge in [-0.1, -0.05) is 0 Å². The number of benzene rings is 1. The van der Waals surface area contributed by atoms with Crippen molar-refractivity contribution in [2.75, 3.05) is 18.6 Å². The van der Waals surface area contributed by atoms with Crippen LogP contribution in [0.1, 0.15) is 12.8 Å². The molecular weight excluding hydrogens is 236 g/mol. The minimum absolute atomic E-state index is 0.00628. The summed E-state index contributed by atoms with van der Waals surface area (Å²) in [5, 5.41) is 8.69.